The van der Waals surface area contributed by atoms with E-state index in [9.17, 15) is 13.2 Å². The normalized spacial score (nSPS) is 19.1. The molecule has 1 aliphatic heterocycles. The summed E-state index contributed by atoms with van der Waals surface area (Å²) in [6.07, 6.45) is 2.30. The summed E-state index contributed by atoms with van der Waals surface area (Å²) in [4.78, 5) is 2.08. The summed E-state index contributed by atoms with van der Waals surface area (Å²) >= 11 is 0. The van der Waals surface area contributed by atoms with Gasteiger partial charge in [0.2, 0.25) is 0 Å². The molecule has 1 aliphatic carbocycles. The number of nitrogens with zero attached hydrogens (tertiary/aromatic N) is 1. The molecular weight excluding hydrogens is 441 g/mol. The molecule has 4 rings (SSSR count). The minimum absolute atomic E-state index is 0.0376. The second-order valence-corrected chi connectivity index (χ2v) is 8.08. The van der Waals surface area contributed by atoms with Crippen LogP contribution in [-0.4, -0.2) is 31.0 Å². The van der Waals surface area contributed by atoms with Crippen LogP contribution in [-0.2, 0) is 0 Å². The van der Waals surface area contributed by atoms with E-state index in [1.54, 1.807) is 0 Å². The molecule has 2 aliphatic rings. The number of aliphatic hydroxyl groups is 1. The molecule has 2 N–H and O–H groups in total. The van der Waals surface area contributed by atoms with E-state index in [2.05, 4.69) is 16.3 Å². The maximum atomic E-state index is 13.3. The van der Waals surface area contributed by atoms with Crippen molar-refractivity contribution < 1.29 is 23.0 Å². The van der Waals surface area contributed by atoms with E-state index in [4.69, 9.17) is 9.84 Å². The first-order chi connectivity index (χ1) is 16.3. The minimum Gasteiger partial charge on any atom is -0.457 e. The molecule has 2 aromatic carbocycles. The molecule has 1 unspecified atom stereocenters. The largest absolute Gasteiger partial charge is 0.457 e. The smallest absolute Gasteiger partial charge is 0.412 e. The van der Waals surface area contributed by atoms with E-state index in [1.807, 2.05) is 68.5 Å². The maximum Gasteiger partial charge on any atom is 0.412 e. The van der Waals surface area contributed by atoms with Gasteiger partial charge >= 0.3 is 6.18 Å². The molecule has 34 heavy (non-hydrogen) atoms. The molecule has 7 heteroatoms. The number of alkyl halides is 3. The van der Waals surface area contributed by atoms with Crippen LogP contribution >= 0.6 is 0 Å². The molecule has 1 fully saturated rings. The fourth-order valence-corrected chi connectivity index (χ4v) is 4.10. The monoisotopic (exact) mass is 472 g/mol. The number of aryl methyl sites for hydroxylation is 1. The number of halogens is 3. The van der Waals surface area contributed by atoms with Gasteiger partial charge in [-0.3, -0.25) is 0 Å². The number of anilines is 1. The summed E-state index contributed by atoms with van der Waals surface area (Å²) in [5, 5.41) is 10.4. The summed E-state index contributed by atoms with van der Waals surface area (Å²) in [6.45, 7) is 4.62. The molecule has 1 atom stereocenters. The van der Waals surface area contributed by atoms with Crippen LogP contribution in [0, 0.1) is 6.92 Å². The number of hydrogen-bond acceptors (Lipinski definition) is 4. The van der Waals surface area contributed by atoms with Crippen molar-refractivity contribution >= 4 is 5.69 Å². The number of ether oxygens (including phenoxy) is 1. The van der Waals surface area contributed by atoms with Crippen LogP contribution in [0.1, 0.15) is 31.7 Å². The van der Waals surface area contributed by atoms with Crippen LogP contribution in [0.5, 0.6) is 11.5 Å². The van der Waals surface area contributed by atoms with Gasteiger partial charge in [0.25, 0.3) is 0 Å². The van der Waals surface area contributed by atoms with Gasteiger partial charge in [0.05, 0.1) is 6.04 Å². The summed E-state index contributed by atoms with van der Waals surface area (Å²) in [5.41, 5.74) is 2.32. The zero-order chi connectivity index (χ0) is 24.7. The number of benzene rings is 2. The summed E-state index contributed by atoms with van der Waals surface area (Å²) < 4.78 is 45.9. The number of rotatable bonds is 5. The lowest BCUT2D eigenvalue weighted by atomic mass is 9.94. The van der Waals surface area contributed by atoms with Gasteiger partial charge in [-0.25, -0.2) is 0 Å². The first-order valence-electron chi connectivity index (χ1n) is 11.4. The van der Waals surface area contributed by atoms with Crippen LogP contribution in [0.25, 0.3) is 0 Å². The Morgan fingerprint density at radius 1 is 1.06 bits per heavy atom. The highest BCUT2D eigenvalue weighted by atomic mass is 19.4. The second-order valence-electron chi connectivity index (χ2n) is 8.08. The molecule has 0 aromatic heterocycles. The Labute approximate surface area is 199 Å². The molecule has 0 radical (unpaired) electrons. The predicted octanol–water partition coefficient (Wildman–Crippen LogP) is 6.63. The van der Waals surface area contributed by atoms with Crippen molar-refractivity contribution in [3.05, 3.63) is 89.3 Å². The van der Waals surface area contributed by atoms with Gasteiger partial charge in [-0.2, -0.15) is 13.2 Å². The number of hydrogen-bond donors (Lipinski definition) is 2. The van der Waals surface area contributed by atoms with Crippen molar-refractivity contribution in [3.8, 4) is 11.5 Å². The fraction of sp³-hybridized carbons (Fsp3) is 0.333. The van der Waals surface area contributed by atoms with Crippen molar-refractivity contribution in [3.63, 3.8) is 0 Å². The van der Waals surface area contributed by atoms with E-state index in [-0.39, 0.29) is 12.5 Å². The van der Waals surface area contributed by atoms with E-state index in [1.165, 1.54) is 6.08 Å². The van der Waals surface area contributed by atoms with Crippen molar-refractivity contribution in [1.82, 2.24) is 5.32 Å². The summed E-state index contributed by atoms with van der Waals surface area (Å²) in [6, 6.07) is 15.3. The standard InChI is InChI=1S/C26H27F3N2O.CH4O/c1-3-5-25-30-17-24(19-6-4-7-20(16-19)26(27,28)29)31(25)21-10-14-23(15-11-21)32-22-12-8-18(2)9-13-22;1-2/h5-6,8-16,24,30H,3-4,7,17H2,1-2H3;2H,1H3/b25-5-;. The Kier molecular flexibility index (Phi) is 8.45. The van der Waals surface area contributed by atoms with Gasteiger partial charge in [0.15, 0.2) is 0 Å². The molecule has 0 bridgehead atoms. The molecule has 0 spiro atoms. The number of aliphatic hydroxyl groups excluding tert-OH is 1. The number of allylic oxidation sites excluding steroid dienone is 3. The Balaban J connectivity index is 0.00000158. The maximum absolute atomic E-state index is 13.3. The molecule has 1 heterocycles. The highest BCUT2D eigenvalue weighted by Gasteiger charge is 2.37. The summed E-state index contributed by atoms with van der Waals surface area (Å²) in [5.74, 6) is 2.38. The molecule has 0 saturated carbocycles. The Bertz CT molecular complexity index is 1040. The van der Waals surface area contributed by atoms with E-state index < -0.39 is 11.7 Å². The molecule has 4 nitrogen and oxygen atoms in total. The van der Waals surface area contributed by atoms with Crippen molar-refractivity contribution in [2.75, 3.05) is 18.6 Å². The van der Waals surface area contributed by atoms with Crippen LogP contribution in [0.4, 0.5) is 18.9 Å². The van der Waals surface area contributed by atoms with Gasteiger partial charge in [0, 0.05) is 24.9 Å². The minimum atomic E-state index is -4.28. The average Bonchev–Trinajstić information content (AvgIpc) is 3.26. The van der Waals surface area contributed by atoms with E-state index >= 15 is 0 Å². The van der Waals surface area contributed by atoms with Gasteiger partial charge in [0.1, 0.15) is 17.3 Å². The van der Waals surface area contributed by atoms with E-state index in [0.29, 0.717) is 24.3 Å². The van der Waals surface area contributed by atoms with Crippen LogP contribution in [0.15, 0.2) is 83.7 Å². The lowest BCUT2D eigenvalue weighted by Crippen LogP contribution is -2.32. The highest BCUT2D eigenvalue weighted by Crippen LogP contribution is 2.37. The third kappa shape index (κ3) is 6.03. The second kappa shape index (κ2) is 11.3. The van der Waals surface area contributed by atoms with Gasteiger partial charge in [-0.1, -0.05) is 30.7 Å². The molecule has 2 aromatic rings. The quantitative estimate of drug-likeness (QED) is 0.512. The van der Waals surface area contributed by atoms with E-state index in [0.717, 1.165) is 36.4 Å². The van der Waals surface area contributed by atoms with Crippen molar-refractivity contribution in [2.24, 2.45) is 0 Å². The lowest BCUT2D eigenvalue weighted by Gasteiger charge is -2.29. The number of nitrogens with one attached hydrogen (secondary N) is 1. The zero-order valence-corrected chi connectivity index (χ0v) is 19.7. The SMILES string of the molecule is CC/C=C1/NCC(C2=CCCC(C(F)(F)F)=C2)N1c1ccc(Oc2ccc(C)cc2)cc1.CO. The third-order valence-electron chi connectivity index (χ3n) is 5.70. The van der Waals surface area contributed by atoms with Crippen LogP contribution < -0.4 is 15.0 Å². The molecule has 0 amide bonds. The van der Waals surface area contributed by atoms with Gasteiger partial charge in [-0.05, 0) is 80.3 Å². The van der Waals surface area contributed by atoms with Crippen LogP contribution in [0.2, 0.25) is 0 Å². The molecular formula is C27H31F3N2O2. The third-order valence-corrected chi connectivity index (χ3v) is 5.70. The lowest BCUT2D eigenvalue weighted by molar-refractivity contribution is -0.0941. The average molecular weight is 473 g/mol. The Morgan fingerprint density at radius 2 is 1.68 bits per heavy atom. The zero-order valence-electron chi connectivity index (χ0n) is 19.7. The van der Waals surface area contributed by atoms with Crippen molar-refractivity contribution in [1.29, 1.82) is 0 Å². The highest BCUT2D eigenvalue weighted by molar-refractivity contribution is 5.60. The predicted molar refractivity (Wildman–Crippen MR) is 130 cm³/mol. The van der Waals surface area contributed by atoms with Crippen LogP contribution in [0.3, 0.4) is 0 Å². The van der Waals surface area contributed by atoms with Gasteiger partial charge < -0.3 is 20.1 Å². The topological polar surface area (TPSA) is 44.7 Å². The first-order valence-corrected chi connectivity index (χ1v) is 11.4. The van der Waals surface area contributed by atoms with Crippen molar-refractivity contribution in [2.45, 2.75) is 45.3 Å². The summed E-state index contributed by atoms with van der Waals surface area (Å²) in [7, 11) is 1.00. The Hall–Kier alpha value is -3.19. The molecule has 1 saturated heterocycles. The molecule has 182 valence electrons. The van der Waals surface area contributed by atoms with Gasteiger partial charge in [-0.15, -0.1) is 0 Å². The first kappa shape index (κ1) is 25.4. The Morgan fingerprint density at radius 3 is 2.26 bits per heavy atom. The fourth-order valence-electron chi connectivity index (χ4n) is 4.10.